The number of aryl methyl sites for hydroxylation is 2. The maximum absolute atomic E-state index is 13.5. The molecule has 1 atom stereocenters. The third-order valence-corrected chi connectivity index (χ3v) is 10.5. The molecule has 0 fully saturated rings. The molecule has 0 unspecified atom stereocenters. The molecule has 1 aliphatic heterocycles. The maximum atomic E-state index is 13.5. The Kier molecular flexibility index (Phi) is 21.5. The van der Waals surface area contributed by atoms with Crippen LogP contribution in [0.15, 0.2) is 47.6 Å². The minimum absolute atomic E-state index is 0.0459. The molecule has 4 aromatic rings. The number of aromatic nitrogens is 4. The maximum Gasteiger partial charge on any atom is 0.227 e. The van der Waals surface area contributed by atoms with Crippen molar-refractivity contribution in [2.24, 2.45) is 10.7 Å². The number of halogens is 1. The fraction of sp³-hybridized carbons (Fsp3) is 0.548. The van der Waals surface area contributed by atoms with E-state index in [9.17, 15) is 4.79 Å². The van der Waals surface area contributed by atoms with Crippen molar-refractivity contribution in [3.05, 3.63) is 80.8 Å². The van der Waals surface area contributed by atoms with E-state index >= 15 is 0 Å². The Labute approximate surface area is 366 Å². The van der Waals surface area contributed by atoms with Crippen molar-refractivity contribution in [3.8, 4) is 10.9 Å². The van der Waals surface area contributed by atoms with E-state index < -0.39 is 6.04 Å². The van der Waals surface area contributed by atoms with Crippen molar-refractivity contribution in [1.29, 1.82) is 0 Å². The van der Waals surface area contributed by atoms with Crippen LogP contribution in [0.1, 0.15) is 45.7 Å². The number of nitrogens with zero attached hydrogens (tertiary/aromatic N) is 5. The molecule has 0 bridgehead atoms. The zero-order valence-electron chi connectivity index (χ0n) is 35.2. The molecule has 1 amide bonds. The smallest absolute Gasteiger partial charge is 0.227 e. The average Bonchev–Trinajstić information content (AvgIpc) is 3.74. The summed E-state index contributed by atoms with van der Waals surface area (Å²) in [7, 11) is 0. The van der Waals surface area contributed by atoms with E-state index in [0.29, 0.717) is 141 Å². The van der Waals surface area contributed by atoms with E-state index in [0.717, 1.165) is 33.2 Å². The predicted molar refractivity (Wildman–Crippen MR) is 232 cm³/mol. The van der Waals surface area contributed by atoms with E-state index in [4.69, 9.17) is 65.0 Å². The van der Waals surface area contributed by atoms with Crippen LogP contribution in [-0.4, -0.2) is 150 Å². The van der Waals surface area contributed by atoms with E-state index in [1.54, 1.807) is 29.7 Å². The number of fused-ring (bicyclic) bond motifs is 3. The lowest BCUT2D eigenvalue weighted by molar-refractivity contribution is -0.116. The number of nitrogens with two attached hydrogens (primary N) is 1. The summed E-state index contributed by atoms with van der Waals surface area (Å²) >= 11 is 7.89. The Bertz CT molecular complexity index is 1910. The number of carbonyl (C=O) groups excluding carboxylic acids is 1. The Balaban J connectivity index is 0.890. The summed E-state index contributed by atoms with van der Waals surface area (Å²) in [6, 6.07) is 10.4. The Hall–Kier alpha value is -3.92. The van der Waals surface area contributed by atoms with E-state index in [2.05, 4.69) is 34.3 Å². The summed E-state index contributed by atoms with van der Waals surface area (Å²) in [6.45, 7) is 14.6. The molecule has 17 nitrogen and oxygen atoms in total. The highest BCUT2D eigenvalue weighted by molar-refractivity contribution is 7.15. The lowest BCUT2D eigenvalue weighted by Gasteiger charge is -2.13. The molecule has 5 rings (SSSR count). The van der Waals surface area contributed by atoms with Crippen LogP contribution in [0.5, 0.6) is 5.88 Å². The van der Waals surface area contributed by atoms with Crippen LogP contribution >= 0.6 is 22.9 Å². The van der Waals surface area contributed by atoms with Gasteiger partial charge < -0.3 is 53.7 Å². The second kappa shape index (κ2) is 27.2. The SMILES string of the molecule is Cc1sc2c(c1C)C(c1ccc(Cl)cc1)=N[C@@H](CC(=O)Nc1ccc(OCCOCCOCCOCCOCCOCCOCCOCCOCCN)nc1)c1nnc(C)n1-2. The zero-order valence-corrected chi connectivity index (χ0v) is 36.8. The van der Waals surface area contributed by atoms with Gasteiger partial charge in [-0.3, -0.25) is 14.4 Å². The molecule has 0 radical (unpaired) electrons. The van der Waals surface area contributed by atoms with Gasteiger partial charge in [-0.25, -0.2) is 4.98 Å². The first-order chi connectivity index (χ1) is 29.9. The lowest BCUT2D eigenvalue weighted by atomic mass is 9.99. The van der Waals surface area contributed by atoms with Gasteiger partial charge in [0.15, 0.2) is 5.82 Å². The standard InChI is InChI=1S/C42H58ClN7O10S/c1-30-31(2)61-42-39(30)40(33-4-6-34(43)7-5-33)47-36(41-49-48-32(3)50(41)42)28-37(51)46-35-8-9-38(45-29-35)60-27-26-59-25-24-58-23-22-57-21-20-56-19-18-55-17-16-54-15-14-53-13-12-52-11-10-44/h4-9,29,36H,10-28,44H2,1-3H3,(H,46,51)/t36-/m0/s1. The lowest BCUT2D eigenvalue weighted by Crippen LogP contribution is -2.17. The first-order valence-electron chi connectivity index (χ1n) is 20.4. The molecular weight excluding hydrogens is 830 g/mol. The van der Waals surface area contributed by atoms with Crippen molar-refractivity contribution in [2.75, 3.05) is 124 Å². The van der Waals surface area contributed by atoms with Gasteiger partial charge in [0, 0.05) is 33.6 Å². The van der Waals surface area contributed by atoms with Crippen molar-refractivity contribution >= 4 is 40.2 Å². The second-order valence-corrected chi connectivity index (χ2v) is 15.2. The zero-order chi connectivity index (χ0) is 43.1. The molecular formula is C42H58ClN7O10S. The summed E-state index contributed by atoms with van der Waals surface area (Å²) in [5, 5.41) is 13.4. The van der Waals surface area contributed by atoms with Crippen LogP contribution in [0, 0.1) is 20.8 Å². The number of hydrogen-bond acceptors (Lipinski definition) is 16. The van der Waals surface area contributed by atoms with Crippen LogP contribution in [0.25, 0.3) is 5.00 Å². The summed E-state index contributed by atoms with van der Waals surface area (Å²) < 4.78 is 51.4. The minimum atomic E-state index is -0.587. The number of pyridine rings is 1. The first kappa shape index (κ1) is 48.1. The number of carbonyl (C=O) groups is 1. The molecule has 0 saturated carbocycles. The van der Waals surface area contributed by atoms with Crippen LogP contribution in [-0.2, 0) is 42.7 Å². The predicted octanol–water partition coefficient (Wildman–Crippen LogP) is 4.69. The van der Waals surface area contributed by atoms with Gasteiger partial charge in [0.1, 0.15) is 23.5 Å². The summed E-state index contributed by atoms with van der Waals surface area (Å²) in [5.41, 5.74) is 9.71. The van der Waals surface area contributed by atoms with Gasteiger partial charge >= 0.3 is 0 Å². The van der Waals surface area contributed by atoms with E-state index in [-0.39, 0.29) is 12.3 Å². The number of aliphatic imine (C=N–C) groups is 1. The number of benzene rings is 1. The van der Waals surface area contributed by atoms with Gasteiger partial charge in [0.2, 0.25) is 11.8 Å². The average molecular weight is 888 g/mol. The van der Waals surface area contributed by atoms with Crippen molar-refractivity contribution in [3.63, 3.8) is 0 Å². The summed E-state index contributed by atoms with van der Waals surface area (Å²) in [5.74, 6) is 1.51. The number of thiophene rings is 1. The molecule has 19 heteroatoms. The Morgan fingerprint density at radius 1 is 0.721 bits per heavy atom. The van der Waals surface area contributed by atoms with Crippen LogP contribution in [0.3, 0.4) is 0 Å². The van der Waals surface area contributed by atoms with E-state index in [1.165, 1.54) is 4.88 Å². The normalized spacial score (nSPS) is 13.5. The quantitative estimate of drug-likeness (QED) is 0.0661. The minimum Gasteiger partial charge on any atom is -0.475 e. The van der Waals surface area contributed by atoms with Crippen molar-refractivity contribution in [1.82, 2.24) is 19.7 Å². The van der Waals surface area contributed by atoms with Gasteiger partial charge in [-0.2, -0.15) is 0 Å². The summed E-state index contributed by atoms with van der Waals surface area (Å²) in [4.78, 5) is 24.1. The molecule has 0 spiro atoms. The first-order valence-corrected chi connectivity index (χ1v) is 21.6. The number of anilines is 1. The number of rotatable bonds is 31. The highest BCUT2D eigenvalue weighted by atomic mass is 35.5. The Morgan fingerprint density at radius 3 is 1.75 bits per heavy atom. The molecule has 1 aromatic carbocycles. The number of hydrogen-bond donors (Lipinski definition) is 2. The van der Waals surface area contributed by atoms with Gasteiger partial charge in [-0.1, -0.05) is 23.7 Å². The molecule has 3 aromatic heterocycles. The number of amides is 1. The summed E-state index contributed by atoms with van der Waals surface area (Å²) in [6.07, 6.45) is 1.60. The van der Waals surface area contributed by atoms with Gasteiger partial charge in [0.05, 0.1) is 130 Å². The molecule has 4 heterocycles. The Morgan fingerprint density at radius 2 is 1.25 bits per heavy atom. The number of ether oxygens (including phenoxy) is 9. The fourth-order valence-electron chi connectivity index (χ4n) is 5.99. The molecule has 61 heavy (non-hydrogen) atoms. The number of nitrogens with one attached hydrogen (secondary N) is 1. The molecule has 1 aliphatic rings. The molecule has 0 aliphatic carbocycles. The van der Waals surface area contributed by atoms with Gasteiger partial charge in [-0.05, 0) is 44.5 Å². The highest BCUT2D eigenvalue weighted by Crippen LogP contribution is 2.39. The largest absolute Gasteiger partial charge is 0.475 e. The van der Waals surface area contributed by atoms with Crippen molar-refractivity contribution < 1.29 is 47.4 Å². The third-order valence-electron chi connectivity index (χ3n) is 9.10. The van der Waals surface area contributed by atoms with Crippen LogP contribution < -0.4 is 15.8 Å². The monoisotopic (exact) mass is 887 g/mol. The topological polar surface area (TPSA) is 194 Å². The van der Waals surface area contributed by atoms with E-state index in [1.807, 2.05) is 35.8 Å². The molecule has 3 N–H and O–H groups in total. The van der Waals surface area contributed by atoms with Gasteiger partial charge in [0.25, 0.3) is 0 Å². The van der Waals surface area contributed by atoms with Crippen LogP contribution in [0.2, 0.25) is 5.02 Å². The highest BCUT2D eigenvalue weighted by Gasteiger charge is 2.32. The van der Waals surface area contributed by atoms with Crippen LogP contribution in [0.4, 0.5) is 5.69 Å². The fourth-order valence-corrected chi connectivity index (χ4v) is 7.33. The van der Waals surface area contributed by atoms with Crippen molar-refractivity contribution in [2.45, 2.75) is 33.2 Å². The molecule has 334 valence electrons. The molecule has 0 saturated heterocycles. The second-order valence-electron chi connectivity index (χ2n) is 13.6. The van der Waals surface area contributed by atoms with Gasteiger partial charge in [-0.15, -0.1) is 21.5 Å². The third kappa shape index (κ3) is 16.1.